The van der Waals surface area contributed by atoms with Gasteiger partial charge in [-0.2, -0.15) is 5.10 Å². The Bertz CT molecular complexity index is 1220. The van der Waals surface area contributed by atoms with E-state index in [1.807, 2.05) is 41.9 Å². The van der Waals surface area contributed by atoms with Crippen LogP contribution in [0, 0.1) is 0 Å². The highest BCUT2D eigenvalue weighted by molar-refractivity contribution is 5.89. The predicted molar refractivity (Wildman–Crippen MR) is 130 cm³/mol. The zero-order valence-electron chi connectivity index (χ0n) is 18.8. The molecule has 6 nitrogen and oxygen atoms in total. The van der Waals surface area contributed by atoms with Crippen LogP contribution in [0.25, 0.3) is 28.0 Å². The maximum absolute atomic E-state index is 10.9. The van der Waals surface area contributed by atoms with Crippen LogP contribution in [0.1, 0.15) is 26.5 Å². The summed E-state index contributed by atoms with van der Waals surface area (Å²) in [7, 11) is 0. The molecule has 0 bridgehead atoms. The number of anilines is 1. The fourth-order valence-electron chi connectivity index (χ4n) is 4.69. The molecule has 5 rings (SSSR count). The van der Waals surface area contributed by atoms with E-state index in [9.17, 15) is 5.11 Å². The summed E-state index contributed by atoms with van der Waals surface area (Å²) >= 11 is 0. The number of aromatic hydroxyl groups is 1. The van der Waals surface area contributed by atoms with E-state index in [0.29, 0.717) is 17.7 Å². The zero-order valence-corrected chi connectivity index (χ0v) is 18.8. The molecule has 2 aromatic carbocycles. The molecule has 164 valence electrons. The van der Waals surface area contributed by atoms with Gasteiger partial charge in [0.15, 0.2) is 5.65 Å². The summed E-state index contributed by atoms with van der Waals surface area (Å²) in [6.07, 6.45) is 0.723. The van der Waals surface area contributed by atoms with E-state index in [2.05, 4.69) is 48.3 Å². The molecule has 2 aromatic heterocycles. The van der Waals surface area contributed by atoms with Crippen molar-refractivity contribution < 1.29 is 5.11 Å². The third-order valence-corrected chi connectivity index (χ3v) is 6.11. The molecule has 1 aliphatic rings. The Labute approximate surface area is 188 Å². The molecule has 1 fully saturated rings. The maximum atomic E-state index is 10.9. The second-order valence-electron chi connectivity index (χ2n) is 8.69. The smallest absolute Gasteiger partial charge is 0.167 e. The van der Waals surface area contributed by atoms with E-state index >= 15 is 0 Å². The minimum Gasteiger partial charge on any atom is -0.507 e. The fraction of sp³-hybridized carbons (Fsp3) is 0.308. The molecule has 0 radical (unpaired) electrons. The largest absolute Gasteiger partial charge is 0.507 e. The average Bonchev–Trinajstić information content (AvgIpc) is 3.18. The van der Waals surface area contributed by atoms with Crippen molar-refractivity contribution in [2.75, 3.05) is 18.0 Å². The van der Waals surface area contributed by atoms with Gasteiger partial charge in [-0.3, -0.25) is 0 Å². The molecule has 0 amide bonds. The van der Waals surface area contributed by atoms with Crippen molar-refractivity contribution in [3.05, 3.63) is 66.4 Å². The molecular weight excluding hydrogens is 398 g/mol. The number of hydrogen-bond acceptors (Lipinski definition) is 5. The van der Waals surface area contributed by atoms with Gasteiger partial charge in [-0.05, 0) is 44.5 Å². The van der Waals surface area contributed by atoms with Crippen molar-refractivity contribution in [2.24, 2.45) is 0 Å². The minimum absolute atomic E-state index is 0.220. The van der Waals surface area contributed by atoms with Gasteiger partial charge >= 0.3 is 0 Å². The van der Waals surface area contributed by atoms with Gasteiger partial charge in [-0.15, -0.1) is 0 Å². The SMILES string of the molecule is CCc1nn(-c2ccccc2)c2nc(-c3ccc(N4CC(C)NC(C)C4)cc3)cc(O)c12. The highest BCUT2D eigenvalue weighted by atomic mass is 16.3. The lowest BCUT2D eigenvalue weighted by molar-refractivity contribution is 0.407. The summed E-state index contributed by atoms with van der Waals surface area (Å²) in [5, 5.41) is 19.9. The summed E-state index contributed by atoms with van der Waals surface area (Å²) in [5.41, 5.74) is 5.37. The highest BCUT2D eigenvalue weighted by Crippen LogP contribution is 2.33. The Morgan fingerprint density at radius 3 is 2.31 bits per heavy atom. The number of fused-ring (bicyclic) bond motifs is 1. The first kappa shape index (κ1) is 20.5. The van der Waals surface area contributed by atoms with Gasteiger partial charge < -0.3 is 15.3 Å². The number of nitrogens with zero attached hydrogens (tertiary/aromatic N) is 4. The van der Waals surface area contributed by atoms with Crippen LogP contribution in [-0.2, 0) is 6.42 Å². The van der Waals surface area contributed by atoms with Crippen LogP contribution in [0.5, 0.6) is 5.75 Å². The van der Waals surface area contributed by atoms with Gasteiger partial charge in [0.05, 0.1) is 22.5 Å². The minimum atomic E-state index is 0.220. The van der Waals surface area contributed by atoms with Gasteiger partial charge in [0.1, 0.15) is 5.75 Å². The lowest BCUT2D eigenvalue weighted by Gasteiger charge is -2.37. The fourth-order valence-corrected chi connectivity index (χ4v) is 4.69. The molecule has 2 unspecified atom stereocenters. The number of rotatable bonds is 4. The number of aryl methyl sites for hydroxylation is 1. The molecular formula is C26H29N5O. The van der Waals surface area contributed by atoms with Gasteiger partial charge in [0, 0.05) is 42.5 Å². The van der Waals surface area contributed by atoms with E-state index in [1.54, 1.807) is 6.07 Å². The normalized spacial score (nSPS) is 18.9. The first-order valence-corrected chi connectivity index (χ1v) is 11.3. The summed E-state index contributed by atoms with van der Waals surface area (Å²) < 4.78 is 1.83. The predicted octanol–water partition coefficient (Wildman–Crippen LogP) is 4.54. The van der Waals surface area contributed by atoms with Crippen molar-refractivity contribution in [1.82, 2.24) is 20.1 Å². The number of nitrogens with one attached hydrogen (secondary N) is 1. The molecule has 4 aromatic rings. The molecule has 6 heteroatoms. The first-order valence-electron chi connectivity index (χ1n) is 11.3. The molecule has 3 heterocycles. The van der Waals surface area contributed by atoms with Crippen LogP contribution >= 0.6 is 0 Å². The van der Waals surface area contributed by atoms with Crippen molar-refractivity contribution in [3.8, 4) is 22.7 Å². The quantitative estimate of drug-likeness (QED) is 0.500. The van der Waals surface area contributed by atoms with Gasteiger partial charge in [0.25, 0.3) is 0 Å². The van der Waals surface area contributed by atoms with E-state index < -0.39 is 0 Å². The van der Waals surface area contributed by atoms with Crippen molar-refractivity contribution in [1.29, 1.82) is 0 Å². The second-order valence-corrected chi connectivity index (χ2v) is 8.69. The molecule has 2 atom stereocenters. The number of aromatic nitrogens is 3. The first-order chi connectivity index (χ1) is 15.5. The third kappa shape index (κ3) is 3.71. The van der Waals surface area contributed by atoms with Crippen LogP contribution in [-0.4, -0.2) is 45.0 Å². The number of piperazine rings is 1. The average molecular weight is 428 g/mol. The molecule has 0 spiro atoms. The van der Waals surface area contributed by atoms with Crippen molar-refractivity contribution >= 4 is 16.7 Å². The van der Waals surface area contributed by atoms with E-state index in [0.717, 1.165) is 47.5 Å². The lowest BCUT2D eigenvalue weighted by Crippen LogP contribution is -2.54. The van der Waals surface area contributed by atoms with Gasteiger partial charge in [-0.1, -0.05) is 37.3 Å². The topological polar surface area (TPSA) is 66.2 Å². The van der Waals surface area contributed by atoms with Gasteiger partial charge in [0.2, 0.25) is 0 Å². The highest BCUT2D eigenvalue weighted by Gasteiger charge is 2.21. The van der Waals surface area contributed by atoms with Crippen LogP contribution in [0.2, 0.25) is 0 Å². The standard InChI is InChI=1S/C26H29N5O/c1-4-22-25-24(32)14-23(28-26(25)31(29-22)21-8-6-5-7-9-21)19-10-12-20(13-11-19)30-15-17(2)27-18(3)16-30/h5-14,17-18,27H,4,15-16H2,1-3H3,(H,28,32). The summed E-state index contributed by atoms with van der Waals surface area (Å²) in [4.78, 5) is 7.35. The number of para-hydroxylation sites is 1. The lowest BCUT2D eigenvalue weighted by atomic mass is 10.1. The summed E-state index contributed by atoms with van der Waals surface area (Å²) in [6, 6.07) is 21.1. The van der Waals surface area contributed by atoms with Crippen LogP contribution < -0.4 is 10.2 Å². The van der Waals surface area contributed by atoms with E-state index in [4.69, 9.17) is 10.1 Å². The molecule has 32 heavy (non-hydrogen) atoms. The van der Waals surface area contributed by atoms with Crippen molar-refractivity contribution in [3.63, 3.8) is 0 Å². The second kappa shape index (κ2) is 8.28. The number of hydrogen-bond donors (Lipinski definition) is 2. The third-order valence-electron chi connectivity index (χ3n) is 6.11. The van der Waals surface area contributed by atoms with Crippen LogP contribution in [0.4, 0.5) is 5.69 Å². The Balaban J connectivity index is 1.55. The Kier molecular flexibility index (Phi) is 5.31. The Morgan fingerprint density at radius 1 is 0.969 bits per heavy atom. The molecule has 1 aliphatic heterocycles. The summed E-state index contributed by atoms with van der Waals surface area (Å²) in [6.45, 7) is 8.47. The molecule has 0 saturated carbocycles. The Morgan fingerprint density at radius 2 is 1.66 bits per heavy atom. The maximum Gasteiger partial charge on any atom is 0.167 e. The molecule has 1 saturated heterocycles. The molecule has 2 N–H and O–H groups in total. The van der Waals surface area contributed by atoms with Crippen LogP contribution in [0.15, 0.2) is 60.7 Å². The molecule has 0 aliphatic carbocycles. The number of pyridine rings is 1. The van der Waals surface area contributed by atoms with Crippen molar-refractivity contribution in [2.45, 2.75) is 39.3 Å². The summed E-state index contributed by atoms with van der Waals surface area (Å²) in [5.74, 6) is 0.220. The van der Waals surface area contributed by atoms with Crippen LogP contribution in [0.3, 0.4) is 0 Å². The van der Waals surface area contributed by atoms with E-state index in [-0.39, 0.29) is 5.75 Å². The monoisotopic (exact) mass is 427 g/mol. The van der Waals surface area contributed by atoms with E-state index in [1.165, 1.54) is 5.69 Å². The van der Waals surface area contributed by atoms with Gasteiger partial charge in [-0.25, -0.2) is 9.67 Å². The zero-order chi connectivity index (χ0) is 22.2. The Hall–Kier alpha value is -3.38. The number of benzene rings is 2.